The van der Waals surface area contributed by atoms with Gasteiger partial charge >= 0.3 is 0 Å². The number of carbonyl (C=O) groups excluding carboxylic acids is 2. The van der Waals surface area contributed by atoms with E-state index in [9.17, 15) is 14.7 Å². The van der Waals surface area contributed by atoms with E-state index in [-0.39, 0.29) is 16.9 Å². The average molecular weight is 233 g/mol. The van der Waals surface area contributed by atoms with E-state index in [1.165, 1.54) is 6.92 Å². The molecule has 0 aliphatic rings. The Bertz CT molecular complexity index is 221. The first-order chi connectivity index (χ1) is 6.99. The molecule has 0 aliphatic heterocycles. The molecule has 4 nitrogen and oxygen atoms in total. The second-order valence-corrected chi connectivity index (χ2v) is 4.51. The molecule has 1 amide bonds. The highest BCUT2D eigenvalue weighted by molar-refractivity contribution is 8.13. The monoisotopic (exact) mass is 233 g/mol. The third kappa shape index (κ3) is 6.52. The van der Waals surface area contributed by atoms with E-state index < -0.39 is 6.10 Å². The fourth-order valence-corrected chi connectivity index (χ4v) is 1.85. The van der Waals surface area contributed by atoms with Crippen LogP contribution >= 0.6 is 11.8 Å². The molecule has 0 aliphatic carbocycles. The van der Waals surface area contributed by atoms with Gasteiger partial charge < -0.3 is 10.4 Å². The third-order valence-electron chi connectivity index (χ3n) is 2.09. The molecule has 0 unspecified atom stereocenters. The summed E-state index contributed by atoms with van der Waals surface area (Å²) in [6.45, 7) is 5.49. The standard InChI is InChI=1S/C10H19NO3S/c1-4-9(13)7(2)10(14)15-6-5-11-8(3)12/h7,9,13H,4-6H2,1-3H3,(H,11,12)/t7-,9-/m1/s1. The van der Waals surface area contributed by atoms with E-state index >= 15 is 0 Å². The van der Waals surface area contributed by atoms with Crippen molar-refractivity contribution in [2.45, 2.75) is 33.3 Å². The lowest BCUT2D eigenvalue weighted by Crippen LogP contribution is -2.26. The summed E-state index contributed by atoms with van der Waals surface area (Å²) in [5.74, 6) is 0.126. The van der Waals surface area contributed by atoms with Crippen LogP contribution in [-0.2, 0) is 9.59 Å². The number of amides is 1. The molecule has 0 aromatic rings. The first kappa shape index (κ1) is 14.5. The summed E-state index contributed by atoms with van der Waals surface area (Å²) < 4.78 is 0. The van der Waals surface area contributed by atoms with Crippen molar-refractivity contribution in [3.63, 3.8) is 0 Å². The summed E-state index contributed by atoms with van der Waals surface area (Å²) in [5, 5.41) is 12.0. The van der Waals surface area contributed by atoms with E-state index in [2.05, 4.69) is 5.32 Å². The largest absolute Gasteiger partial charge is 0.392 e. The predicted molar refractivity (Wildman–Crippen MR) is 61.6 cm³/mol. The molecule has 0 bridgehead atoms. The van der Waals surface area contributed by atoms with Crippen molar-refractivity contribution in [2.24, 2.45) is 5.92 Å². The molecular weight excluding hydrogens is 214 g/mol. The van der Waals surface area contributed by atoms with E-state index in [1.54, 1.807) is 6.92 Å². The molecule has 0 fully saturated rings. The topological polar surface area (TPSA) is 66.4 Å². The van der Waals surface area contributed by atoms with Crippen LogP contribution in [0.2, 0.25) is 0 Å². The van der Waals surface area contributed by atoms with Gasteiger partial charge in [-0.15, -0.1) is 0 Å². The van der Waals surface area contributed by atoms with Gasteiger partial charge in [-0.2, -0.15) is 0 Å². The molecule has 0 aromatic heterocycles. The van der Waals surface area contributed by atoms with Crippen molar-refractivity contribution >= 4 is 22.8 Å². The lowest BCUT2D eigenvalue weighted by molar-refractivity contribution is -0.119. The SMILES string of the molecule is CC[C@@H](O)[C@@H](C)C(=O)SCCNC(C)=O. The minimum absolute atomic E-state index is 0.0188. The van der Waals surface area contributed by atoms with Gasteiger partial charge in [0.05, 0.1) is 12.0 Å². The highest BCUT2D eigenvalue weighted by Crippen LogP contribution is 2.15. The van der Waals surface area contributed by atoms with Crippen molar-refractivity contribution < 1.29 is 14.7 Å². The Kier molecular flexibility index (Phi) is 7.42. The molecule has 0 saturated heterocycles. The number of hydrogen-bond donors (Lipinski definition) is 2. The van der Waals surface area contributed by atoms with Crippen LogP contribution in [-0.4, -0.2) is 34.5 Å². The predicted octanol–water partition coefficient (Wildman–Crippen LogP) is 0.789. The second kappa shape index (κ2) is 7.70. The number of aliphatic hydroxyl groups is 1. The maximum Gasteiger partial charge on any atom is 0.216 e. The Morgan fingerprint density at radius 3 is 2.53 bits per heavy atom. The molecule has 0 saturated carbocycles. The normalized spacial score (nSPS) is 14.4. The maximum absolute atomic E-state index is 11.5. The molecule has 0 heterocycles. The molecule has 5 heteroatoms. The molecule has 0 rings (SSSR count). The fraction of sp³-hybridized carbons (Fsp3) is 0.800. The van der Waals surface area contributed by atoms with Gasteiger partial charge in [-0.1, -0.05) is 25.6 Å². The molecule has 0 aromatic carbocycles. The molecule has 15 heavy (non-hydrogen) atoms. The number of rotatable bonds is 6. The summed E-state index contributed by atoms with van der Waals surface area (Å²) in [6, 6.07) is 0. The van der Waals surface area contributed by atoms with Gasteiger partial charge in [0.1, 0.15) is 0 Å². The van der Waals surface area contributed by atoms with Crippen LogP contribution < -0.4 is 5.32 Å². The molecule has 2 N–H and O–H groups in total. The van der Waals surface area contributed by atoms with E-state index in [0.717, 1.165) is 11.8 Å². The van der Waals surface area contributed by atoms with Crippen LogP contribution in [0, 0.1) is 5.92 Å². The molecule has 88 valence electrons. The number of thioether (sulfide) groups is 1. The third-order valence-corrected chi connectivity index (χ3v) is 3.15. The minimum atomic E-state index is -0.564. The quantitative estimate of drug-likeness (QED) is 0.666. The van der Waals surface area contributed by atoms with Crippen LogP contribution in [0.4, 0.5) is 0 Å². The fourth-order valence-electron chi connectivity index (χ4n) is 1.02. The van der Waals surface area contributed by atoms with E-state index in [4.69, 9.17) is 0 Å². The van der Waals surface area contributed by atoms with Gasteiger partial charge in [-0.05, 0) is 6.42 Å². The average Bonchev–Trinajstić information content (AvgIpc) is 2.21. The summed E-state index contributed by atoms with van der Waals surface area (Å²) in [7, 11) is 0. The number of nitrogens with one attached hydrogen (secondary N) is 1. The zero-order valence-electron chi connectivity index (χ0n) is 9.45. The first-order valence-electron chi connectivity index (χ1n) is 5.08. The Balaban J connectivity index is 3.69. The van der Waals surface area contributed by atoms with Crippen LogP contribution in [0.1, 0.15) is 27.2 Å². The second-order valence-electron chi connectivity index (χ2n) is 3.41. The van der Waals surface area contributed by atoms with E-state index in [1.807, 2.05) is 6.92 Å². The number of aliphatic hydroxyl groups excluding tert-OH is 1. The van der Waals surface area contributed by atoms with Crippen molar-refractivity contribution in [2.75, 3.05) is 12.3 Å². The van der Waals surface area contributed by atoms with Crippen LogP contribution in [0.25, 0.3) is 0 Å². The van der Waals surface area contributed by atoms with Crippen molar-refractivity contribution in [3.8, 4) is 0 Å². The Morgan fingerprint density at radius 2 is 2.07 bits per heavy atom. The van der Waals surface area contributed by atoms with Gasteiger partial charge in [-0.25, -0.2) is 0 Å². The Labute approximate surface area is 94.8 Å². The molecule has 2 atom stereocenters. The lowest BCUT2D eigenvalue weighted by atomic mass is 10.1. The number of hydrogen-bond acceptors (Lipinski definition) is 4. The van der Waals surface area contributed by atoms with Crippen LogP contribution in [0.5, 0.6) is 0 Å². The van der Waals surface area contributed by atoms with Crippen molar-refractivity contribution in [1.82, 2.24) is 5.32 Å². The summed E-state index contributed by atoms with van der Waals surface area (Å²) in [6.07, 6.45) is 0.0184. The van der Waals surface area contributed by atoms with Crippen LogP contribution in [0.3, 0.4) is 0 Å². The minimum Gasteiger partial charge on any atom is -0.392 e. The van der Waals surface area contributed by atoms with Gasteiger partial charge in [0, 0.05) is 19.2 Å². The summed E-state index contributed by atoms with van der Waals surface area (Å²) >= 11 is 1.16. The van der Waals surface area contributed by atoms with Crippen LogP contribution in [0.15, 0.2) is 0 Å². The maximum atomic E-state index is 11.5. The van der Waals surface area contributed by atoms with Gasteiger partial charge in [0.15, 0.2) is 5.12 Å². The Hall–Kier alpha value is -0.550. The number of carbonyl (C=O) groups is 2. The molecule has 0 spiro atoms. The summed E-state index contributed by atoms with van der Waals surface area (Å²) in [4.78, 5) is 22.0. The first-order valence-corrected chi connectivity index (χ1v) is 6.06. The smallest absolute Gasteiger partial charge is 0.216 e. The lowest BCUT2D eigenvalue weighted by Gasteiger charge is -2.15. The Morgan fingerprint density at radius 1 is 1.47 bits per heavy atom. The highest BCUT2D eigenvalue weighted by atomic mass is 32.2. The van der Waals surface area contributed by atoms with Gasteiger partial charge in [0.2, 0.25) is 5.91 Å². The zero-order valence-corrected chi connectivity index (χ0v) is 10.3. The van der Waals surface area contributed by atoms with E-state index in [0.29, 0.717) is 18.7 Å². The molecular formula is C10H19NO3S. The summed E-state index contributed by atoms with van der Waals surface area (Å²) in [5.41, 5.74) is 0. The van der Waals surface area contributed by atoms with Crippen molar-refractivity contribution in [3.05, 3.63) is 0 Å². The van der Waals surface area contributed by atoms with Gasteiger partial charge in [-0.3, -0.25) is 9.59 Å². The van der Waals surface area contributed by atoms with Crippen molar-refractivity contribution in [1.29, 1.82) is 0 Å². The molecule has 0 radical (unpaired) electrons. The van der Waals surface area contributed by atoms with Gasteiger partial charge in [0.25, 0.3) is 0 Å². The highest BCUT2D eigenvalue weighted by Gasteiger charge is 2.20. The zero-order chi connectivity index (χ0) is 11.8.